The minimum atomic E-state index is 0.386. The molecule has 0 radical (unpaired) electrons. The molecule has 6 fully saturated rings. The molecule has 128 valence electrons. The summed E-state index contributed by atoms with van der Waals surface area (Å²) in [6.45, 7) is 4.21. The highest BCUT2D eigenvalue weighted by Gasteiger charge is 2.60. The summed E-state index contributed by atoms with van der Waals surface area (Å²) in [6.07, 6.45) is 11.6. The number of nitrogens with zero attached hydrogens (tertiary/aromatic N) is 1. The van der Waals surface area contributed by atoms with E-state index >= 15 is 0 Å². The Hall–Kier alpha value is -0.570. The normalized spacial score (nSPS) is 49.7. The molecule has 5 saturated carbocycles. The number of nitrogens with two attached hydrogens (primary N) is 1. The van der Waals surface area contributed by atoms with Crippen LogP contribution in [-0.2, 0) is 4.79 Å². The molecule has 0 aromatic carbocycles. The summed E-state index contributed by atoms with van der Waals surface area (Å²) in [4.78, 5) is 15.2. The van der Waals surface area contributed by atoms with E-state index in [9.17, 15) is 4.79 Å². The van der Waals surface area contributed by atoms with Crippen molar-refractivity contribution in [3.8, 4) is 0 Å². The van der Waals surface area contributed by atoms with Gasteiger partial charge in [0.05, 0.1) is 0 Å². The van der Waals surface area contributed by atoms with Crippen LogP contribution in [0.4, 0.5) is 0 Å². The Balaban J connectivity index is 1.23. The van der Waals surface area contributed by atoms with Gasteiger partial charge in [-0.1, -0.05) is 6.92 Å². The van der Waals surface area contributed by atoms with E-state index in [0.29, 0.717) is 28.7 Å². The van der Waals surface area contributed by atoms with Gasteiger partial charge in [0, 0.05) is 25.6 Å². The molecule has 23 heavy (non-hydrogen) atoms. The molecular formula is C20H32N2O. The number of piperidine rings is 1. The molecule has 1 spiro atoms. The predicted molar refractivity (Wildman–Crippen MR) is 90.6 cm³/mol. The second-order valence-electron chi connectivity index (χ2n) is 10.0. The van der Waals surface area contributed by atoms with Crippen molar-refractivity contribution in [2.24, 2.45) is 40.2 Å². The topological polar surface area (TPSA) is 46.3 Å². The maximum Gasteiger partial charge on any atom is 0.223 e. The Labute approximate surface area is 140 Å². The van der Waals surface area contributed by atoms with Gasteiger partial charge in [-0.2, -0.15) is 0 Å². The van der Waals surface area contributed by atoms with Crippen molar-refractivity contribution in [2.75, 3.05) is 13.1 Å². The highest BCUT2D eigenvalue weighted by molar-refractivity contribution is 5.77. The number of amides is 1. The summed E-state index contributed by atoms with van der Waals surface area (Å²) < 4.78 is 0. The number of hydrogen-bond acceptors (Lipinski definition) is 2. The van der Waals surface area contributed by atoms with Gasteiger partial charge in [-0.25, -0.2) is 0 Å². The van der Waals surface area contributed by atoms with E-state index < -0.39 is 0 Å². The van der Waals surface area contributed by atoms with Gasteiger partial charge in [-0.05, 0) is 85.9 Å². The molecule has 5 aliphatic carbocycles. The zero-order chi connectivity index (χ0) is 15.8. The molecule has 2 atom stereocenters. The number of carbonyl (C=O) groups excluding carboxylic acids is 1. The molecule has 1 unspecified atom stereocenters. The van der Waals surface area contributed by atoms with Crippen LogP contribution in [0.1, 0.15) is 64.7 Å². The van der Waals surface area contributed by atoms with Crippen molar-refractivity contribution in [1.82, 2.24) is 4.90 Å². The molecule has 2 N–H and O–H groups in total. The SMILES string of the molecule is CC1[C@H](N)C12CCN(C(=O)CC13CC4CC(CC(C4)C1)C3)CC2. The Bertz CT molecular complexity index is 474. The second-order valence-corrected chi connectivity index (χ2v) is 10.0. The van der Waals surface area contributed by atoms with Gasteiger partial charge in [0.25, 0.3) is 0 Å². The van der Waals surface area contributed by atoms with Gasteiger partial charge in [-0.3, -0.25) is 4.79 Å². The Morgan fingerprint density at radius 3 is 1.96 bits per heavy atom. The first-order valence-corrected chi connectivity index (χ1v) is 10.0. The lowest BCUT2D eigenvalue weighted by Gasteiger charge is -2.57. The smallest absolute Gasteiger partial charge is 0.223 e. The quantitative estimate of drug-likeness (QED) is 0.850. The maximum atomic E-state index is 13.0. The van der Waals surface area contributed by atoms with Crippen molar-refractivity contribution in [3.05, 3.63) is 0 Å². The van der Waals surface area contributed by atoms with Gasteiger partial charge in [0.2, 0.25) is 5.91 Å². The van der Waals surface area contributed by atoms with E-state index in [1.54, 1.807) is 0 Å². The van der Waals surface area contributed by atoms with Gasteiger partial charge in [0.1, 0.15) is 0 Å². The predicted octanol–water partition coefficient (Wildman–Crippen LogP) is 3.18. The van der Waals surface area contributed by atoms with Crippen molar-refractivity contribution >= 4 is 5.91 Å². The fourth-order valence-electron chi connectivity index (χ4n) is 7.64. The molecule has 3 heteroatoms. The lowest BCUT2D eigenvalue weighted by Crippen LogP contribution is -2.49. The van der Waals surface area contributed by atoms with Gasteiger partial charge < -0.3 is 10.6 Å². The maximum absolute atomic E-state index is 13.0. The highest BCUT2D eigenvalue weighted by atomic mass is 16.2. The average molecular weight is 316 g/mol. The standard InChI is InChI=1S/C20H32N2O/c1-13-18(21)20(13)2-4-22(5-3-20)17(23)12-19-9-14-6-15(10-19)8-16(7-14)11-19/h13-16,18H,2-12,21H2,1H3/t13?,14?,15?,16?,18-,19?/m0/s1. The summed E-state index contributed by atoms with van der Waals surface area (Å²) in [6, 6.07) is 0.392. The van der Waals surface area contributed by atoms with Crippen molar-refractivity contribution in [1.29, 1.82) is 0 Å². The van der Waals surface area contributed by atoms with E-state index in [0.717, 1.165) is 50.1 Å². The molecule has 1 aliphatic heterocycles. The number of carbonyl (C=O) groups is 1. The molecule has 0 aromatic heterocycles. The zero-order valence-electron chi connectivity index (χ0n) is 14.6. The fraction of sp³-hybridized carbons (Fsp3) is 0.950. The Morgan fingerprint density at radius 2 is 1.52 bits per heavy atom. The molecule has 1 saturated heterocycles. The van der Waals surface area contributed by atoms with Crippen LogP contribution in [0.25, 0.3) is 0 Å². The first-order valence-electron chi connectivity index (χ1n) is 10.0. The van der Waals surface area contributed by atoms with Gasteiger partial charge in [0.15, 0.2) is 0 Å². The highest BCUT2D eigenvalue weighted by Crippen LogP contribution is 2.62. The van der Waals surface area contributed by atoms with E-state index in [4.69, 9.17) is 5.73 Å². The average Bonchev–Trinajstić information content (AvgIpc) is 2.98. The summed E-state index contributed by atoms with van der Waals surface area (Å²) >= 11 is 0. The van der Waals surface area contributed by atoms with Crippen LogP contribution >= 0.6 is 0 Å². The third-order valence-electron chi connectivity index (χ3n) is 8.74. The molecule has 1 heterocycles. The summed E-state index contributed by atoms with van der Waals surface area (Å²) in [7, 11) is 0. The minimum absolute atomic E-state index is 0.386. The van der Waals surface area contributed by atoms with Crippen molar-refractivity contribution in [3.63, 3.8) is 0 Å². The third kappa shape index (κ3) is 2.14. The fourth-order valence-corrected chi connectivity index (χ4v) is 7.64. The Morgan fingerprint density at radius 1 is 1.04 bits per heavy atom. The van der Waals surface area contributed by atoms with Crippen LogP contribution < -0.4 is 5.73 Å². The van der Waals surface area contributed by atoms with Crippen LogP contribution in [0.3, 0.4) is 0 Å². The largest absolute Gasteiger partial charge is 0.343 e. The molecule has 6 rings (SSSR count). The summed E-state index contributed by atoms with van der Waals surface area (Å²) in [5.41, 5.74) is 7.01. The van der Waals surface area contributed by atoms with E-state index in [-0.39, 0.29) is 0 Å². The van der Waals surface area contributed by atoms with Crippen molar-refractivity contribution < 1.29 is 4.79 Å². The van der Waals surface area contributed by atoms with E-state index in [1.807, 2.05) is 0 Å². The van der Waals surface area contributed by atoms with E-state index in [1.165, 1.54) is 38.5 Å². The third-order valence-corrected chi connectivity index (χ3v) is 8.74. The number of likely N-dealkylation sites (tertiary alicyclic amines) is 1. The number of rotatable bonds is 2. The van der Waals surface area contributed by atoms with Crippen LogP contribution in [0.5, 0.6) is 0 Å². The first-order chi connectivity index (χ1) is 11.0. The molecule has 3 nitrogen and oxygen atoms in total. The van der Waals surface area contributed by atoms with Gasteiger partial charge >= 0.3 is 0 Å². The lowest BCUT2D eigenvalue weighted by molar-refractivity contribution is -0.141. The first kappa shape index (κ1) is 14.7. The molecule has 1 amide bonds. The minimum Gasteiger partial charge on any atom is -0.343 e. The molecule has 4 bridgehead atoms. The monoisotopic (exact) mass is 316 g/mol. The van der Waals surface area contributed by atoms with Crippen LogP contribution in [0.2, 0.25) is 0 Å². The molecule has 6 aliphatic rings. The zero-order valence-corrected chi connectivity index (χ0v) is 14.6. The molecular weight excluding hydrogens is 284 g/mol. The lowest BCUT2D eigenvalue weighted by atomic mass is 9.49. The summed E-state index contributed by atoms with van der Waals surface area (Å²) in [5, 5.41) is 0. The van der Waals surface area contributed by atoms with Crippen molar-refractivity contribution in [2.45, 2.75) is 70.8 Å². The summed E-state index contributed by atoms with van der Waals surface area (Å²) in [5.74, 6) is 3.98. The number of hydrogen-bond donors (Lipinski definition) is 1. The van der Waals surface area contributed by atoms with E-state index in [2.05, 4.69) is 11.8 Å². The second kappa shape index (κ2) is 4.74. The van der Waals surface area contributed by atoms with Crippen LogP contribution in [0, 0.1) is 34.5 Å². The van der Waals surface area contributed by atoms with Crippen LogP contribution in [-0.4, -0.2) is 29.9 Å². The Kier molecular flexibility index (Phi) is 3.04. The van der Waals surface area contributed by atoms with Crippen LogP contribution in [0.15, 0.2) is 0 Å². The molecule has 0 aromatic rings. The van der Waals surface area contributed by atoms with Gasteiger partial charge in [-0.15, -0.1) is 0 Å².